The molecular formula is C53H34N2. The number of fused-ring (bicyclic) bond motifs is 10. The van der Waals surface area contributed by atoms with Gasteiger partial charge in [-0.2, -0.15) is 0 Å². The van der Waals surface area contributed by atoms with Crippen molar-refractivity contribution in [2.45, 2.75) is 0 Å². The Labute approximate surface area is 319 Å². The first-order valence-corrected chi connectivity index (χ1v) is 18.9. The van der Waals surface area contributed by atoms with E-state index >= 15 is 0 Å². The Bertz CT molecular complexity index is 3210. The largest absolute Gasteiger partial charge is 0.309 e. The third kappa shape index (κ3) is 5.15. The Kier molecular flexibility index (Phi) is 7.21. The number of para-hydroxylation sites is 1. The predicted molar refractivity (Wildman–Crippen MR) is 233 cm³/mol. The average Bonchev–Trinajstić information content (AvgIpc) is 3.62. The van der Waals surface area contributed by atoms with Gasteiger partial charge < -0.3 is 4.57 Å². The highest BCUT2D eigenvalue weighted by Gasteiger charge is 2.20. The van der Waals surface area contributed by atoms with Crippen LogP contribution in [0.5, 0.6) is 0 Å². The molecule has 2 heteroatoms. The summed E-state index contributed by atoms with van der Waals surface area (Å²) in [5.41, 5.74) is 12.3. The Hall–Kier alpha value is -7.29. The summed E-state index contributed by atoms with van der Waals surface area (Å²) in [4.78, 5) is 5.29. The molecule has 0 unspecified atom stereocenters. The molecule has 0 N–H and O–H groups in total. The van der Waals surface area contributed by atoms with Crippen LogP contribution in [-0.4, -0.2) is 9.55 Å². The van der Waals surface area contributed by atoms with Crippen LogP contribution < -0.4 is 0 Å². The third-order valence-corrected chi connectivity index (χ3v) is 11.2. The molecule has 0 aliphatic rings. The molecule has 55 heavy (non-hydrogen) atoms. The summed E-state index contributed by atoms with van der Waals surface area (Å²) in [6.45, 7) is 0. The Morgan fingerprint density at radius 1 is 0.309 bits per heavy atom. The molecule has 0 aliphatic heterocycles. The molecule has 0 atom stereocenters. The van der Waals surface area contributed by atoms with E-state index in [-0.39, 0.29) is 0 Å². The molecule has 0 saturated carbocycles. The first-order valence-electron chi connectivity index (χ1n) is 18.9. The molecule has 256 valence electrons. The monoisotopic (exact) mass is 698 g/mol. The molecule has 0 radical (unpaired) electrons. The van der Waals surface area contributed by atoms with Crippen LogP contribution in [0.1, 0.15) is 0 Å². The van der Waals surface area contributed by atoms with Gasteiger partial charge >= 0.3 is 0 Å². The van der Waals surface area contributed by atoms with E-state index in [1.165, 1.54) is 70.8 Å². The van der Waals surface area contributed by atoms with E-state index in [1.807, 2.05) is 0 Å². The van der Waals surface area contributed by atoms with Crippen LogP contribution in [0.15, 0.2) is 206 Å². The van der Waals surface area contributed by atoms with E-state index < -0.39 is 0 Å². The molecule has 11 aromatic rings. The molecule has 0 fully saturated rings. The number of rotatable bonds is 5. The van der Waals surface area contributed by atoms with Crippen LogP contribution in [0, 0.1) is 0 Å². The van der Waals surface area contributed by atoms with Gasteiger partial charge in [0.15, 0.2) is 0 Å². The minimum Gasteiger partial charge on any atom is -0.309 e. The fourth-order valence-electron chi connectivity index (χ4n) is 8.57. The second-order valence-electron chi connectivity index (χ2n) is 14.3. The lowest BCUT2D eigenvalue weighted by atomic mass is 9.93. The maximum atomic E-state index is 5.29. The highest BCUT2D eigenvalue weighted by Crippen LogP contribution is 2.45. The van der Waals surface area contributed by atoms with Gasteiger partial charge in [-0.25, -0.2) is 4.98 Å². The topological polar surface area (TPSA) is 17.8 Å². The van der Waals surface area contributed by atoms with E-state index in [2.05, 4.69) is 211 Å². The van der Waals surface area contributed by atoms with Gasteiger partial charge in [-0.15, -0.1) is 0 Å². The lowest BCUT2D eigenvalue weighted by Gasteiger charge is -2.14. The average molecular weight is 699 g/mol. The molecule has 2 nitrogen and oxygen atoms in total. The summed E-state index contributed by atoms with van der Waals surface area (Å²) in [5, 5.41) is 10.2. The Morgan fingerprint density at radius 3 is 1.51 bits per heavy atom. The summed E-state index contributed by atoms with van der Waals surface area (Å²) in [5.74, 6) is 0. The van der Waals surface area contributed by atoms with Crippen molar-refractivity contribution >= 4 is 54.1 Å². The van der Waals surface area contributed by atoms with Crippen molar-refractivity contribution in [2.24, 2.45) is 0 Å². The van der Waals surface area contributed by atoms with Crippen molar-refractivity contribution in [3.05, 3.63) is 206 Å². The highest BCUT2D eigenvalue weighted by atomic mass is 15.0. The Morgan fingerprint density at radius 2 is 0.818 bits per heavy atom. The van der Waals surface area contributed by atoms with Crippen molar-refractivity contribution in [1.29, 1.82) is 0 Å². The summed E-state index contributed by atoms with van der Waals surface area (Å²) < 4.78 is 2.46. The standard InChI is InChI=1S/C53H34N2/c1-3-13-35(14-4-1)37-23-25-39(26-24-37)48-33-41(36-15-5-2-6-16-36)34-49(54-48)40-27-30-42(31-28-40)55-50-22-12-11-21-47(50)52-51-43-18-8-7-17-38(43)29-32-45(51)44-19-9-10-20-46(44)53(52)55/h1-34H. The number of hydrogen-bond acceptors (Lipinski definition) is 1. The normalized spacial score (nSPS) is 11.6. The summed E-state index contributed by atoms with van der Waals surface area (Å²) >= 11 is 0. The summed E-state index contributed by atoms with van der Waals surface area (Å²) in [7, 11) is 0. The van der Waals surface area contributed by atoms with Gasteiger partial charge in [-0.3, -0.25) is 0 Å². The summed E-state index contributed by atoms with van der Waals surface area (Å²) in [6.07, 6.45) is 0. The zero-order valence-electron chi connectivity index (χ0n) is 30.0. The van der Waals surface area contributed by atoms with E-state index in [1.54, 1.807) is 0 Å². The highest BCUT2D eigenvalue weighted by molar-refractivity contribution is 6.36. The van der Waals surface area contributed by atoms with Crippen molar-refractivity contribution in [2.75, 3.05) is 0 Å². The lowest BCUT2D eigenvalue weighted by Crippen LogP contribution is -1.96. The number of hydrogen-bond donors (Lipinski definition) is 0. The molecule has 0 bridgehead atoms. The van der Waals surface area contributed by atoms with Gasteiger partial charge in [0.1, 0.15) is 0 Å². The smallest absolute Gasteiger partial charge is 0.0715 e. The van der Waals surface area contributed by atoms with Gasteiger partial charge in [0, 0.05) is 38.4 Å². The number of benzene rings is 9. The zero-order chi connectivity index (χ0) is 36.3. The molecule has 0 spiro atoms. The van der Waals surface area contributed by atoms with E-state index in [4.69, 9.17) is 4.98 Å². The van der Waals surface area contributed by atoms with Crippen LogP contribution in [0.2, 0.25) is 0 Å². The second kappa shape index (κ2) is 12.7. The second-order valence-corrected chi connectivity index (χ2v) is 14.3. The maximum absolute atomic E-state index is 5.29. The summed E-state index contributed by atoms with van der Waals surface area (Å²) in [6, 6.07) is 74.4. The number of nitrogens with zero attached hydrogens (tertiary/aromatic N) is 2. The zero-order valence-corrected chi connectivity index (χ0v) is 30.0. The molecule has 2 aromatic heterocycles. The van der Waals surface area contributed by atoms with Crippen LogP contribution in [0.4, 0.5) is 0 Å². The molecule has 9 aromatic carbocycles. The Balaban J connectivity index is 1.10. The maximum Gasteiger partial charge on any atom is 0.0715 e. The van der Waals surface area contributed by atoms with Crippen LogP contribution >= 0.6 is 0 Å². The van der Waals surface area contributed by atoms with Gasteiger partial charge in [-0.05, 0) is 74.1 Å². The van der Waals surface area contributed by atoms with E-state index in [0.717, 1.165) is 33.8 Å². The first kappa shape index (κ1) is 31.3. The van der Waals surface area contributed by atoms with Gasteiger partial charge in [0.2, 0.25) is 0 Å². The van der Waals surface area contributed by atoms with Crippen molar-refractivity contribution in [3.63, 3.8) is 0 Å². The number of pyridine rings is 1. The first-order chi connectivity index (χ1) is 27.3. The van der Waals surface area contributed by atoms with Crippen LogP contribution in [0.25, 0.3) is 105 Å². The van der Waals surface area contributed by atoms with Crippen LogP contribution in [0.3, 0.4) is 0 Å². The lowest BCUT2D eigenvalue weighted by molar-refractivity contribution is 1.19. The van der Waals surface area contributed by atoms with Gasteiger partial charge in [0.05, 0.1) is 22.4 Å². The molecular weight excluding hydrogens is 665 g/mol. The fraction of sp³-hybridized carbons (Fsp3) is 0. The van der Waals surface area contributed by atoms with Crippen molar-refractivity contribution in [3.8, 4) is 50.5 Å². The molecule has 11 rings (SSSR count). The van der Waals surface area contributed by atoms with Crippen LogP contribution in [-0.2, 0) is 0 Å². The van der Waals surface area contributed by atoms with E-state index in [0.29, 0.717) is 0 Å². The molecule has 0 aliphatic carbocycles. The number of aromatic nitrogens is 2. The minimum atomic E-state index is 0.945. The van der Waals surface area contributed by atoms with Gasteiger partial charge in [-0.1, -0.05) is 176 Å². The van der Waals surface area contributed by atoms with Crippen molar-refractivity contribution < 1.29 is 0 Å². The minimum absolute atomic E-state index is 0.945. The molecule has 0 amide bonds. The van der Waals surface area contributed by atoms with E-state index in [9.17, 15) is 0 Å². The SMILES string of the molecule is c1ccc(-c2ccc(-c3cc(-c4ccccc4)cc(-c4ccc(-n5c6ccccc6c6c7c8ccccc8ccc7c7ccccc7c65)cc4)n3)cc2)cc1. The van der Waals surface area contributed by atoms with Crippen molar-refractivity contribution in [1.82, 2.24) is 9.55 Å². The van der Waals surface area contributed by atoms with Gasteiger partial charge in [0.25, 0.3) is 0 Å². The molecule has 2 heterocycles. The third-order valence-electron chi connectivity index (χ3n) is 11.2. The quantitative estimate of drug-likeness (QED) is 0.164. The molecule has 0 saturated heterocycles. The fourth-order valence-corrected chi connectivity index (χ4v) is 8.57. The predicted octanol–water partition coefficient (Wildman–Crippen LogP) is 14.3.